The molecule has 0 amide bonds. The number of nitrogens with zero attached hydrogens (tertiary/aromatic N) is 4. The number of benzene rings is 1. The van der Waals surface area contributed by atoms with Crippen LogP contribution in [0.4, 0.5) is 4.39 Å². The number of rotatable bonds is 3. The van der Waals surface area contributed by atoms with Gasteiger partial charge in [0.15, 0.2) is 5.82 Å². The van der Waals surface area contributed by atoms with Crippen molar-refractivity contribution in [2.24, 2.45) is 0 Å². The average Bonchev–Trinajstić information content (AvgIpc) is 3.00. The van der Waals surface area contributed by atoms with Gasteiger partial charge in [0.2, 0.25) is 6.39 Å². The molecule has 0 saturated carbocycles. The van der Waals surface area contributed by atoms with Crippen LogP contribution in [0.2, 0.25) is 0 Å². The Kier molecular flexibility index (Phi) is 3.47. The Morgan fingerprint density at radius 1 is 1.50 bits per heavy atom. The van der Waals surface area contributed by atoms with Gasteiger partial charge in [0.1, 0.15) is 11.6 Å². The molecule has 1 unspecified atom stereocenters. The second-order valence-corrected chi connectivity index (χ2v) is 5.78. The molecule has 0 bridgehead atoms. The Labute approximate surface area is 126 Å². The van der Waals surface area contributed by atoms with Crippen LogP contribution in [0.15, 0.2) is 27.5 Å². The van der Waals surface area contributed by atoms with Crippen LogP contribution >= 0.6 is 27.5 Å². The molecule has 8 heteroatoms. The Morgan fingerprint density at radius 3 is 2.95 bits per heavy atom. The minimum atomic E-state index is -0.361. The highest BCUT2D eigenvalue weighted by atomic mass is 79.9. The maximum atomic E-state index is 13.7. The van der Waals surface area contributed by atoms with E-state index in [-0.39, 0.29) is 11.2 Å². The van der Waals surface area contributed by atoms with Crippen molar-refractivity contribution >= 4 is 38.6 Å². The lowest BCUT2D eigenvalue weighted by molar-refractivity contribution is 0.408. The van der Waals surface area contributed by atoms with E-state index in [4.69, 9.17) is 16.1 Å². The predicted molar refractivity (Wildman–Crippen MR) is 75.1 cm³/mol. The lowest BCUT2D eigenvalue weighted by Gasteiger charge is -2.08. The van der Waals surface area contributed by atoms with Gasteiger partial charge in [0.05, 0.1) is 27.4 Å². The number of fused-ring (bicyclic) bond motifs is 1. The first-order chi connectivity index (χ1) is 9.56. The molecule has 0 N–H and O–H groups in total. The molecule has 0 radical (unpaired) electrons. The van der Waals surface area contributed by atoms with Crippen LogP contribution in [0.3, 0.4) is 0 Å². The van der Waals surface area contributed by atoms with Crippen molar-refractivity contribution in [3.63, 3.8) is 0 Å². The SMILES string of the molecule is CC(Cl)c1nc2cc(Br)c(F)cc2n1Cc1ncon1. The number of aromatic nitrogens is 4. The molecule has 0 spiro atoms. The van der Waals surface area contributed by atoms with E-state index in [0.717, 1.165) is 0 Å². The molecule has 0 fully saturated rings. The van der Waals surface area contributed by atoms with Crippen molar-refractivity contribution < 1.29 is 8.91 Å². The highest BCUT2D eigenvalue weighted by Gasteiger charge is 2.18. The number of hydrogen-bond acceptors (Lipinski definition) is 4. The van der Waals surface area contributed by atoms with Crippen molar-refractivity contribution in [2.45, 2.75) is 18.8 Å². The zero-order chi connectivity index (χ0) is 14.3. The summed E-state index contributed by atoms with van der Waals surface area (Å²) in [6.45, 7) is 2.13. The van der Waals surface area contributed by atoms with Crippen LogP contribution in [-0.4, -0.2) is 19.7 Å². The Hall–Kier alpha value is -1.47. The molecular formula is C12H9BrClFN4O. The molecule has 1 aromatic carbocycles. The van der Waals surface area contributed by atoms with Crippen LogP contribution in [0.25, 0.3) is 11.0 Å². The van der Waals surface area contributed by atoms with Crippen molar-refractivity contribution in [1.29, 1.82) is 0 Å². The van der Waals surface area contributed by atoms with Crippen LogP contribution in [0, 0.1) is 5.82 Å². The highest BCUT2D eigenvalue weighted by molar-refractivity contribution is 9.10. The summed E-state index contributed by atoms with van der Waals surface area (Å²) in [5.41, 5.74) is 1.29. The molecule has 3 rings (SSSR count). The smallest absolute Gasteiger partial charge is 0.213 e. The normalized spacial score (nSPS) is 13.0. The fourth-order valence-corrected chi connectivity index (χ4v) is 2.51. The molecule has 0 aliphatic heterocycles. The van der Waals surface area contributed by atoms with Crippen molar-refractivity contribution in [3.8, 4) is 0 Å². The Bertz CT molecular complexity index is 756. The quantitative estimate of drug-likeness (QED) is 0.670. The highest BCUT2D eigenvalue weighted by Crippen LogP contribution is 2.28. The summed E-state index contributed by atoms with van der Waals surface area (Å²) in [7, 11) is 0. The van der Waals surface area contributed by atoms with E-state index in [0.29, 0.717) is 33.7 Å². The molecule has 0 aliphatic carbocycles. The number of halogens is 3. The predicted octanol–water partition coefficient (Wildman–Crippen LogP) is 3.67. The van der Waals surface area contributed by atoms with Gasteiger partial charge in [-0.2, -0.15) is 4.98 Å². The Morgan fingerprint density at radius 2 is 2.30 bits per heavy atom. The summed E-state index contributed by atoms with van der Waals surface area (Å²) < 4.78 is 20.6. The molecule has 20 heavy (non-hydrogen) atoms. The minimum absolute atomic E-state index is 0.320. The Balaban J connectivity index is 2.20. The van der Waals surface area contributed by atoms with Gasteiger partial charge in [-0.25, -0.2) is 9.37 Å². The standard InChI is InChI=1S/C12H9BrClFN4O/c1-6(14)12-17-9-2-7(13)8(15)3-10(9)19(12)4-11-16-5-20-18-11/h2-3,5-6H,4H2,1H3. The first kappa shape index (κ1) is 13.5. The summed E-state index contributed by atoms with van der Waals surface area (Å²) >= 11 is 9.30. The van der Waals surface area contributed by atoms with E-state index in [2.05, 4.69) is 31.1 Å². The summed E-state index contributed by atoms with van der Waals surface area (Å²) in [6.07, 6.45) is 1.25. The fraction of sp³-hybridized carbons (Fsp3) is 0.250. The van der Waals surface area contributed by atoms with E-state index in [1.54, 1.807) is 17.6 Å². The average molecular weight is 360 g/mol. The lowest BCUT2D eigenvalue weighted by atomic mass is 10.3. The monoisotopic (exact) mass is 358 g/mol. The largest absolute Gasteiger partial charge is 0.343 e. The molecule has 3 aromatic rings. The van der Waals surface area contributed by atoms with E-state index in [9.17, 15) is 4.39 Å². The zero-order valence-corrected chi connectivity index (χ0v) is 12.7. The van der Waals surface area contributed by atoms with E-state index >= 15 is 0 Å². The maximum Gasteiger partial charge on any atom is 0.213 e. The van der Waals surface area contributed by atoms with Gasteiger partial charge in [0.25, 0.3) is 0 Å². The molecule has 0 saturated heterocycles. The van der Waals surface area contributed by atoms with Crippen LogP contribution in [-0.2, 0) is 6.54 Å². The fourth-order valence-electron chi connectivity index (χ4n) is 2.01. The molecule has 0 aliphatic rings. The van der Waals surface area contributed by atoms with Crippen LogP contribution in [0.1, 0.15) is 23.9 Å². The third-order valence-electron chi connectivity index (χ3n) is 2.88. The zero-order valence-electron chi connectivity index (χ0n) is 10.3. The molecule has 104 valence electrons. The first-order valence-electron chi connectivity index (χ1n) is 5.80. The molecular weight excluding hydrogens is 351 g/mol. The van der Waals surface area contributed by atoms with Crippen LogP contribution < -0.4 is 0 Å². The summed E-state index contributed by atoms with van der Waals surface area (Å²) in [5, 5.41) is 3.43. The van der Waals surface area contributed by atoms with Crippen molar-refractivity contribution in [3.05, 3.63) is 40.5 Å². The van der Waals surface area contributed by atoms with E-state index in [1.807, 2.05) is 0 Å². The third kappa shape index (κ3) is 2.31. The van der Waals surface area contributed by atoms with Crippen LogP contribution in [0.5, 0.6) is 0 Å². The van der Waals surface area contributed by atoms with Gasteiger partial charge in [-0.05, 0) is 28.9 Å². The van der Waals surface area contributed by atoms with E-state index in [1.165, 1.54) is 12.5 Å². The molecule has 1 atom stereocenters. The minimum Gasteiger partial charge on any atom is -0.343 e. The summed E-state index contributed by atoms with van der Waals surface area (Å²) in [6, 6.07) is 3.04. The van der Waals surface area contributed by atoms with Crippen molar-refractivity contribution in [1.82, 2.24) is 19.7 Å². The van der Waals surface area contributed by atoms with Crippen molar-refractivity contribution in [2.75, 3.05) is 0 Å². The molecule has 2 heterocycles. The van der Waals surface area contributed by atoms with Gasteiger partial charge in [-0.3, -0.25) is 0 Å². The number of imidazole rings is 1. The topological polar surface area (TPSA) is 56.7 Å². The first-order valence-corrected chi connectivity index (χ1v) is 7.03. The molecule has 2 aromatic heterocycles. The lowest BCUT2D eigenvalue weighted by Crippen LogP contribution is -2.07. The number of hydrogen-bond donors (Lipinski definition) is 0. The third-order valence-corrected chi connectivity index (χ3v) is 3.68. The van der Waals surface area contributed by atoms with Gasteiger partial charge in [-0.15, -0.1) is 11.6 Å². The van der Waals surface area contributed by atoms with Gasteiger partial charge in [0, 0.05) is 6.07 Å². The molecule has 5 nitrogen and oxygen atoms in total. The second-order valence-electron chi connectivity index (χ2n) is 4.27. The number of alkyl halides is 1. The summed E-state index contributed by atoms with van der Waals surface area (Å²) in [5.74, 6) is 0.746. The van der Waals surface area contributed by atoms with Gasteiger partial charge in [-0.1, -0.05) is 5.16 Å². The second kappa shape index (κ2) is 5.14. The van der Waals surface area contributed by atoms with Gasteiger partial charge >= 0.3 is 0 Å². The van der Waals surface area contributed by atoms with E-state index < -0.39 is 0 Å². The summed E-state index contributed by atoms with van der Waals surface area (Å²) in [4.78, 5) is 8.41. The van der Waals surface area contributed by atoms with Gasteiger partial charge < -0.3 is 9.09 Å². The maximum absolute atomic E-state index is 13.7.